The van der Waals surface area contributed by atoms with Crippen molar-refractivity contribution in [3.05, 3.63) is 47.0 Å². The fourth-order valence-electron chi connectivity index (χ4n) is 1.82. The van der Waals surface area contributed by atoms with Gasteiger partial charge in [-0.25, -0.2) is 4.79 Å². The van der Waals surface area contributed by atoms with Crippen LogP contribution in [0, 0.1) is 6.92 Å². The molecule has 3 heteroatoms. The highest BCUT2D eigenvalue weighted by atomic mass is 16.4. The van der Waals surface area contributed by atoms with Crippen LogP contribution < -0.4 is 0 Å². The second-order valence-corrected chi connectivity index (χ2v) is 4.43. The fourth-order valence-corrected chi connectivity index (χ4v) is 1.82. The van der Waals surface area contributed by atoms with Gasteiger partial charge in [0.25, 0.3) is 0 Å². The van der Waals surface area contributed by atoms with E-state index in [0.29, 0.717) is 6.54 Å². The standard InChI is InChI=1S/C14H19NO2/c1-11(8-14(16)17)9-15(3)10-13-7-5-4-6-12(13)2/h4-8H,9-10H2,1-3H3,(H,16,17). The molecule has 0 heterocycles. The van der Waals surface area contributed by atoms with Gasteiger partial charge < -0.3 is 5.11 Å². The summed E-state index contributed by atoms with van der Waals surface area (Å²) in [5, 5.41) is 8.64. The zero-order chi connectivity index (χ0) is 12.8. The van der Waals surface area contributed by atoms with Gasteiger partial charge in [-0.05, 0) is 32.0 Å². The molecule has 0 aliphatic rings. The van der Waals surface area contributed by atoms with Crippen molar-refractivity contribution >= 4 is 5.97 Å². The van der Waals surface area contributed by atoms with Crippen LogP contribution in [-0.2, 0) is 11.3 Å². The lowest BCUT2D eigenvalue weighted by molar-refractivity contribution is -0.131. The van der Waals surface area contributed by atoms with Crippen LogP contribution in [0.2, 0.25) is 0 Å². The molecule has 3 nitrogen and oxygen atoms in total. The van der Waals surface area contributed by atoms with Crippen molar-refractivity contribution in [3.8, 4) is 0 Å². The van der Waals surface area contributed by atoms with Gasteiger partial charge in [0.1, 0.15) is 0 Å². The summed E-state index contributed by atoms with van der Waals surface area (Å²) in [4.78, 5) is 12.6. The lowest BCUT2D eigenvalue weighted by Crippen LogP contribution is -2.20. The molecular weight excluding hydrogens is 214 g/mol. The Labute approximate surface area is 102 Å². The molecule has 0 aliphatic carbocycles. The molecule has 0 aliphatic heterocycles. The largest absolute Gasteiger partial charge is 0.478 e. The number of nitrogens with zero attached hydrogens (tertiary/aromatic N) is 1. The summed E-state index contributed by atoms with van der Waals surface area (Å²) in [7, 11) is 1.99. The van der Waals surface area contributed by atoms with Crippen molar-refractivity contribution in [1.29, 1.82) is 0 Å². The Morgan fingerprint density at radius 1 is 1.41 bits per heavy atom. The van der Waals surface area contributed by atoms with Gasteiger partial charge in [0.05, 0.1) is 0 Å². The summed E-state index contributed by atoms with van der Waals surface area (Å²) in [5.41, 5.74) is 3.39. The average molecular weight is 233 g/mol. The molecule has 0 atom stereocenters. The van der Waals surface area contributed by atoms with Gasteiger partial charge in [0.15, 0.2) is 0 Å². The van der Waals surface area contributed by atoms with Crippen LogP contribution in [0.15, 0.2) is 35.9 Å². The molecule has 1 aromatic carbocycles. The molecular formula is C14H19NO2. The van der Waals surface area contributed by atoms with Crippen LogP contribution in [0.3, 0.4) is 0 Å². The first-order chi connectivity index (χ1) is 7.99. The Morgan fingerprint density at radius 2 is 2.06 bits per heavy atom. The minimum absolute atomic E-state index is 0.667. The molecule has 1 N–H and O–H groups in total. The molecule has 0 bridgehead atoms. The van der Waals surface area contributed by atoms with E-state index in [-0.39, 0.29) is 0 Å². The summed E-state index contributed by atoms with van der Waals surface area (Å²) in [5.74, 6) is -0.883. The van der Waals surface area contributed by atoms with E-state index in [1.165, 1.54) is 17.2 Å². The highest BCUT2D eigenvalue weighted by Gasteiger charge is 2.04. The minimum Gasteiger partial charge on any atom is -0.478 e. The van der Waals surface area contributed by atoms with Gasteiger partial charge in [-0.15, -0.1) is 0 Å². The zero-order valence-electron chi connectivity index (χ0n) is 10.6. The minimum atomic E-state index is -0.883. The summed E-state index contributed by atoms with van der Waals surface area (Å²) < 4.78 is 0. The van der Waals surface area contributed by atoms with Crippen LogP contribution in [0.4, 0.5) is 0 Å². The number of hydrogen-bond acceptors (Lipinski definition) is 2. The Kier molecular flexibility index (Phi) is 4.91. The quantitative estimate of drug-likeness (QED) is 0.794. The predicted octanol–water partition coefficient (Wildman–Crippen LogP) is 2.46. The summed E-state index contributed by atoms with van der Waals surface area (Å²) in [6, 6.07) is 8.23. The number of likely N-dealkylation sites (N-methyl/N-ethyl adjacent to an activating group) is 1. The van der Waals surface area contributed by atoms with Gasteiger partial charge in [0.2, 0.25) is 0 Å². The number of aliphatic carboxylic acids is 1. The summed E-state index contributed by atoms with van der Waals surface area (Å²) in [6.07, 6.45) is 1.26. The van der Waals surface area contributed by atoms with E-state index in [9.17, 15) is 4.79 Å². The molecule has 0 aromatic heterocycles. The first kappa shape index (κ1) is 13.5. The molecule has 92 valence electrons. The van der Waals surface area contributed by atoms with Crippen LogP contribution in [0.1, 0.15) is 18.1 Å². The van der Waals surface area contributed by atoms with E-state index in [1.54, 1.807) is 0 Å². The SMILES string of the molecule is CC(=CC(=O)O)CN(C)Cc1ccccc1C. The first-order valence-electron chi connectivity index (χ1n) is 5.62. The lowest BCUT2D eigenvalue weighted by atomic mass is 10.1. The number of carboxylic acid groups (broad SMARTS) is 1. The van der Waals surface area contributed by atoms with E-state index < -0.39 is 5.97 Å². The Bertz CT molecular complexity index is 424. The normalized spacial score (nSPS) is 11.9. The van der Waals surface area contributed by atoms with E-state index in [2.05, 4.69) is 24.0 Å². The van der Waals surface area contributed by atoms with E-state index >= 15 is 0 Å². The zero-order valence-corrected chi connectivity index (χ0v) is 10.6. The average Bonchev–Trinajstić information content (AvgIpc) is 2.19. The smallest absolute Gasteiger partial charge is 0.328 e. The van der Waals surface area contributed by atoms with Gasteiger partial charge in [-0.2, -0.15) is 0 Å². The van der Waals surface area contributed by atoms with Gasteiger partial charge >= 0.3 is 5.97 Å². The number of aryl methyl sites for hydroxylation is 1. The third kappa shape index (κ3) is 4.83. The summed E-state index contributed by atoms with van der Waals surface area (Å²) >= 11 is 0. The van der Waals surface area contributed by atoms with E-state index in [0.717, 1.165) is 12.1 Å². The molecule has 0 saturated heterocycles. The third-order valence-electron chi connectivity index (χ3n) is 2.59. The van der Waals surface area contributed by atoms with Crippen LogP contribution in [0.5, 0.6) is 0 Å². The van der Waals surface area contributed by atoms with Crippen molar-refractivity contribution in [1.82, 2.24) is 4.90 Å². The van der Waals surface area contributed by atoms with Crippen LogP contribution in [-0.4, -0.2) is 29.6 Å². The summed E-state index contributed by atoms with van der Waals surface area (Å²) in [6.45, 7) is 5.42. The maximum Gasteiger partial charge on any atom is 0.328 e. The van der Waals surface area contributed by atoms with Crippen molar-refractivity contribution < 1.29 is 9.90 Å². The number of benzene rings is 1. The van der Waals surface area contributed by atoms with Crippen molar-refractivity contribution in [2.45, 2.75) is 20.4 Å². The molecule has 1 rings (SSSR count). The maximum atomic E-state index is 10.5. The molecule has 0 radical (unpaired) electrons. The molecule has 0 saturated carbocycles. The maximum absolute atomic E-state index is 10.5. The number of hydrogen-bond donors (Lipinski definition) is 1. The highest BCUT2D eigenvalue weighted by molar-refractivity contribution is 5.80. The highest BCUT2D eigenvalue weighted by Crippen LogP contribution is 2.10. The number of carbonyl (C=O) groups is 1. The van der Waals surface area contributed by atoms with Crippen LogP contribution in [0.25, 0.3) is 0 Å². The lowest BCUT2D eigenvalue weighted by Gasteiger charge is -2.18. The molecule has 0 spiro atoms. The topological polar surface area (TPSA) is 40.5 Å². The Balaban J connectivity index is 2.59. The second kappa shape index (κ2) is 6.21. The monoisotopic (exact) mass is 233 g/mol. The Hall–Kier alpha value is -1.61. The van der Waals surface area contributed by atoms with Gasteiger partial charge in [-0.3, -0.25) is 4.90 Å². The predicted molar refractivity (Wildman–Crippen MR) is 68.9 cm³/mol. The molecule has 17 heavy (non-hydrogen) atoms. The van der Waals surface area contributed by atoms with Crippen molar-refractivity contribution in [3.63, 3.8) is 0 Å². The van der Waals surface area contributed by atoms with Gasteiger partial charge in [-0.1, -0.05) is 29.8 Å². The van der Waals surface area contributed by atoms with E-state index in [4.69, 9.17) is 5.11 Å². The second-order valence-electron chi connectivity index (χ2n) is 4.43. The molecule has 0 amide bonds. The Morgan fingerprint density at radius 3 is 2.65 bits per heavy atom. The molecule has 1 aromatic rings. The third-order valence-corrected chi connectivity index (χ3v) is 2.59. The van der Waals surface area contributed by atoms with Crippen molar-refractivity contribution in [2.24, 2.45) is 0 Å². The molecule has 0 fully saturated rings. The molecule has 0 unspecified atom stereocenters. The van der Waals surface area contributed by atoms with Crippen molar-refractivity contribution in [2.75, 3.05) is 13.6 Å². The van der Waals surface area contributed by atoms with Gasteiger partial charge in [0, 0.05) is 19.2 Å². The van der Waals surface area contributed by atoms with Crippen LogP contribution >= 0.6 is 0 Å². The fraction of sp³-hybridized carbons (Fsp3) is 0.357. The van der Waals surface area contributed by atoms with E-state index in [1.807, 2.05) is 26.1 Å². The number of carboxylic acids is 1. The number of rotatable bonds is 5. The first-order valence-corrected chi connectivity index (χ1v) is 5.62.